The fraction of sp³-hybridized carbons (Fsp3) is 0.429. The molecule has 1 unspecified atom stereocenters. The maximum Gasteiger partial charge on any atom is 0.387 e. The van der Waals surface area contributed by atoms with Gasteiger partial charge in [-0.2, -0.15) is 13.9 Å². The van der Waals surface area contributed by atoms with E-state index in [2.05, 4.69) is 25.2 Å². The number of nitrogens with zero attached hydrogens (tertiary/aromatic N) is 2. The number of nitrogens with one attached hydrogen (secondary N) is 2. The molecule has 0 spiro atoms. The van der Waals surface area contributed by atoms with E-state index < -0.39 is 6.61 Å². The Kier molecular flexibility index (Phi) is 5.62. The van der Waals surface area contributed by atoms with Crippen molar-refractivity contribution in [2.75, 3.05) is 6.54 Å². The second-order valence-electron chi connectivity index (χ2n) is 4.66. The van der Waals surface area contributed by atoms with Gasteiger partial charge in [0.25, 0.3) is 0 Å². The lowest BCUT2D eigenvalue weighted by atomic mass is 10.1. The second kappa shape index (κ2) is 7.68. The van der Waals surface area contributed by atoms with Crippen LogP contribution < -0.4 is 10.1 Å². The molecule has 0 aliphatic heterocycles. The van der Waals surface area contributed by atoms with Crippen molar-refractivity contribution in [1.82, 2.24) is 20.5 Å². The topological polar surface area (TPSA) is 62.8 Å². The van der Waals surface area contributed by atoms with Gasteiger partial charge in [0, 0.05) is 12.5 Å². The molecule has 2 N–H and O–H groups in total. The number of aromatic nitrogens is 3. The van der Waals surface area contributed by atoms with Gasteiger partial charge < -0.3 is 10.1 Å². The van der Waals surface area contributed by atoms with Crippen LogP contribution in [0, 0.1) is 0 Å². The number of ether oxygens (including phenoxy) is 1. The van der Waals surface area contributed by atoms with Crippen molar-refractivity contribution >= 4 is 0 Å². The summed E-state index contributed by atoms with van der Waals surface area (Å²) in [6.45, 7) is -0.0250. The van der Waals surface area contributed by atoms with E-state index in [0.29, 0.717) is 0 Å². The Morgan fingerprint density at radius 1 is 1.38 bits per heavy atom. The normalized spacial score (nSPS) is 12.6. The van der Waals surface area contributed by atoms with E-state index in [4.69, 9.17) is 0 Å². The van der Waals surface area contributed by atoms with Gasteiger partial charge in [-0.05, 0) is 37.6 Å². The maximum atomic E-state index is 12.2. The lowest BCUT2D eigenvalue weighted by molar-refractivity contribution is -0.0499. The molecule has 0 saturated carbocycles. The molecule has 21 heavy (non-hydrogen) atoms. The smallest absolute Gasteiger partial charge is 0.387 e. The second-order valence-corrected chi connectivity index (χ2v) is 4.66. The Balaban J connectivity index is 1.78. The number of alkyl halides is 2. The van der Waals surface area contributed by atoms with Crippen LogP contribution in [0.1, 0.15) is 30.8 Å². The average Bonchev–Trinajstić information content (AvgIpc) is 2.96. The third kappa shape index (κ3) is 5.11. The number of aromatic amines is 1. The number of hydrogen-bond acceptors (Lipinski definition) is 4. The van der Waals surface area contributed by atoms with E-state index in [1.807, 2.05) is 13.0 Å². The lowest BCUT2D eigenvalue weighted by Gasteiger charge is -2.15. The van der Waals surface area contributed by atoms with Gasteiger partial charge in [0.15, 0.2) is 0 Å². The zero-order chi connectivity index (χ0) is 15.1. The molecular weight excluding hydrogens is 278 g/mol. The standard InChI is InChI=1S/C14H18F2N4O/c1-10(17-7-3-6-13-18-9-19-20-13)11-4-2-5-12(8-11)21-14(15)16/h2,4-5,8-10,14,17H,3,6-7H2,1H3,(H,18,19,20). The highest BCUT2D eigenvalue weighted by Gasteiger charge is 2.08. The summed E-state index contributed by atoms with van der Waals surface area (Å²) in [5.41, 5.74) is 0.910. The molecule has 114 valence electrons. The van der Waals surface area contributed by atoms with E-state index in [1.165, 1.54) is 12.4 Å². The first-order chi connectivity index (χ1) is 10.1. The fourth-order valence-corrected chi connectivity index (χ4v) is 2.00. The Labute approximate surface area is 121 Å². The predicted molar refractivity (Wildman–Crippen MR) is 74.2 cm³/mol. The minimum absolute atomic E-state index is 0.0564. The van der Waals surface area contributed by atoms with E-state index >= 15 is 0 Å². The van der Waals surface area contributed by atoms with Gasteiger partial charge in [0.05, 0.1) is 0 Å². The monoisotopic (exact) mass is 296 g/mol. The molecule has 0 radical (unpaired) electrons. The molecule has 2 aromatic rings. The van der Waals surface area contributed by atoms with E-state index in [1.54, 1.807) is 12.1 Å². The highest BCUT2D eigenvalue weighted by molar-refractivity contribution is 5.30. The molecule has 1 atom stereocenters. The van der Waals surface area contributed by atoms with Crippen LogP contribution in [-0.2, 0) is 6.42 Å². The molecular formula is C14H18F2N4O. The van der Waals surface area contributed by atoms with Crippen LogP contribution in [0.4, 0.5) is 8.78 Å². The minimum atomic E-state index is -2.80. The molecule has 0 aliphatic rings. The van der Waals surface area contributed by atoms with E-state index in [0.717, 1.165) is 30.8 Å². The average molecular weight is 296 g/mol. The molecule has 2 rings (SSSR count). The summed E-state index contributed by atoms with van der Waals surface area (Å²) in [4.78, 5) is 4.05. The molecule has 0 saturated heterocycles. The highest BCUT2D eigenvalue weighted by Crippen LogP contribution is 2.20. The summed E-state index contributed by atoms with van der Waals surface area (Å²) < 4.78 is 28.8. The van der Waals surface area contributed by atoms with Crippen LogP contribution in [0.25, 0.3) is 0 Å². The molecule has 1 heterocycles. The molecule has 0 aliphatic carbocycles. The highest BCUT2D eigenvalue weighted by atomic mass is 19.3. The van der Waals surface area contributed by atoms with Gasteiger partial charge in [0.2, 0.25) is 0 Å². The Hall–Kier alpha value is -2.02. The molecule has 0 fully saturated rings. The third-order valence-electron chi connectivity index (χ3n) is 3.09. The first kappa shape index (κ1) is 15.4. The first-order valence-electron chi connectivity index (χ1n) is 6.77. The largest absolute Gasteiger partial charge is 0.435 e. The lowest BCUT2D eigenvalue weighted by Crippen LogP contribution is -2.20. The van der Waals surface area contributed by atoms with Gasteiger partial charge in [-0.3, -0.25) is 5.10 Å². The molecule has 0 bridgehead atoms. The summed E-state index contributed by atoms with van der Waals surface area (Å²) in [6.07, 6.45) is 3.21. The van der Waals surface area contributed by atoms with Crippen molar-refractivity contribution in [3.63, 3.8) is 0 Å². The zero-order valence-electron chi connectivity index (χ0n) is 11.7. The quantitative estimate of drug-likeness (QED) is 0.735. The first-order valence-corrected chi connectivity index (χ1v) is 6.77. The summed E-state index contributed by atoms with van der Waals surface area (Å²) in [6, 6.07) is 6.79. The summed E-state index contributed by atoms with van der Waals surface area (Å²) in [5, 5.41) is 9.93. The predicted octanol–water partition coefficient (Wildman–Crippen LogP) is 2.69. The fourth-order valence-electron chi connectivity index (χ4n) is 2.00. The van der Waals surface area contributed by atoms with Crippen molar-refractivity contribution < 1.29 is 13.5 Å². The van der Waals surface area contributed by atoms with Crippen LogP contribution in [0.3, 0.4) is 0 Å². The molecule has 1 aromatic heterocycles. The Bertz CT molecular complexity index is 534. The summed E-state index contributed by atoms with van der Waals surface area (Å²) in [7, 11) is 0. The zero-order valence-corrected chi connectivity index (χ0v) is 11.7. The van der Waals surface area contributed by atoms with Crippen molar-refractivity contribution in [2.45, 2.75) is 32.4 Å². The van der Waals surface area contributed by atoms with Gasteiger partial charge >= 0.3 is 6.61 Å². The van der Waals surface area contributed by atoms with E-state index in [-0.39, 0.29) is 11.8 Å². The third-order valence-corrected chi connectivity index (χ3v) is 3.09. The molecule has 1 aromatic carbocycles. The van der Waals surface area contributed by atoms with Gasteiger partial charge in [0.1, 0.15) is 17.9 Å². The number of aryl methyl sites for hydroxylation is 1. The number of halogens is 2. The van der Waals surface area contributed by atoms with Crippen molar-refractivity contribution in [3.05, 3.63) is 42.0 Å². The minimum Gasteiger partial charge on any atom is -0.435 e. The molecule has 0 amide bonds. The van der Waals surface area contributed by atoms with Crippen molar-refractivity contribution in [3.8, 4) is 5.75 Å². The maximum absolute atomic E-state index is 12.2. The summed E-state index contributed by atoms with van der Waals surface area (Å²) >= 11 is 0. The summed E-state index contributed by atoms with van der Waals surface area (Å²) in [5.74, 6) is 1.04. The van der Waals surface area contributed by atoms with Crippen LogP contribution in [0.15, 0.2) is 30.6 Å². The Morgan fingerprint density at radius 2 is 2.24 bits per heavy atom. The molecule has 7 heteroatoms. The number of hydrogen-bond donors (Lipinski definition) is 2. The number of benzene rings is 1. The van der Waals surface area contributed by atoms with E-state index in [9.17, 15) is 8.78 Å². The molecule has 5 nitrogen and oxygen atoms in total. The Morgan fingerprint density at radius 3 is 2.95 bits per heavy atom. The number of rotatable bonds is 8. The number of H-pyrrole nitrogens is 1. The van der Waals surface area contributed by atoms with Gasteiger partial charge in [-0.1, -0.05) is 12.1 Å². The van der Waals surface area contributed by atoms with Crippen molar-refractivity contribution in [1.29, 1.82) is 0 Å². The van der Waals surface area contributed by atoms with Crippen LogP contribution in [0.2, 0.25) is 0 Å². The van der Waals surface area contributed by atoms with Crippen LogP contribution >= 0.6 is 0 Å². The van der Waals surface area contributed by atoms with Gasteiger partial charge in [-0.15, -0.1) is 0 Å². The SMILES string of the molecule is CC(NCCCc1ncn[nH]1)c1cccc(OC(F)F)c1. The van der Waals surface area contributed by atoms with Crippen molar-refractivity contribution in [2.24, 2.45) is 0 Å². The van der Waals surface area contributed by atoms with Crippen LogP contribution in [0.5, 0.6) is 5.75 Å². The van der Waals surface area contributed by atoms with Gasteiger partial charge in [-0.25, -0.2) is 4.98 Å². The van der Waals surface area contributed by atoms with Crippen LogP contribution in [-0.4, -0.2) is 28.3 Å².